The largest absolute Gasteiger partial charge is 0.390 e. The number of thiophene rings is 1. The standard InChI is InChI=1S/C17H25NO3S/c1-11-3-7-14(22-11)10-18(13-5-6-13)17(20)12-4-8-15(19)16(9-12)21-2/h3,7,12-13,15-16,19H,4-6,8-10H2,1-2H3/t12-,15+,16-/m1/s1. The van der Waals surface area contributed by atoms with Gasteiger partial charge in [-0.05, 0) is 51.2 Å². The number of rotatable bonds is 5. The molecule has 1 aromatic heterocycles. The number of nitrogens with zero attached hydrogens (tertiary/aromatic N) is 1. The molecule has 4 nitrogen and oxygen atoms in total. The molecule has 0 saturated heterocycles. The lowest BCUT2D eigenvalue weighted by Gasteiger charge is -2.34. The molecule has 0 spiro atoms. The molecule has 1 aromatic rings. The smallest absolute Gasteiger partial charge is 0.226 e. The SMILES string of the molecule is CO[C@@H]1C[C@H](C(=O)N(Cc2ccc(C)s2)C2CC2)CC[C@@H]1O. The Balaban J connectivity index is 1.67. The third-order valence-corrected chi connectivity index (χ3v) is 5.79. The molecule has 0 radical (unpaired) electrons. The molecule has 2 aliphatic rings. The second kappa shape index (κ2) is 6.69. The van der Waals surface area contributed by atoms with Crippen LogP contribution in [0.3, 0.4) is 0 Å². The summed E-state index contributed by atoms with van der Waals surface area (Å²) < 4.78 is 5.34. The zero-order chi connectivity index (χ0) is 15.7. The van der Waals surface area contributed by atoms with Crippen LogP contribution in [0.5, 0.6) is 0 Å². The molecule has 3 rings (SSSR count). The van der Waals surface area contributed by atoms with Gasteiger partial charge in [0.2, 0.25) is 5.91 Å². The minimum absolute atomic E-state index is 0.00462. The molecule has 22 heavy (non-hydrogen) atoms. The van der Waals surface area contributed by atoms with E-state index in [2.05, 4.69) is 24.0 Å². The predicted octanol–water partition coefficient (Wildman–Crippen LogP) is 2.72. The first-order valence-electron chi connectivity index (χ1n) is 8.15. The number of aryl methyl sites for hydroxylation is 1. The Morgan fingerprint density at radius 2 is 2.14 bits per heavy atom. The van der Waals surface area contributed by atoms with Crippen molar-refractivity contribution in [2.24, 2.45) is 5.92 Å². The minimum atomic E-state index is -0.427. The van der Waals surface area contributed by atoms with Crippen molar-refractivity contribution in [3.8, 4) is 0 Å². The number of aliphatic hydroxyl groups is 1. The maximum atomic E-state index is 13.0. The van der Waals surface area contributed by atoms with Gasteiger partial charge in [0.1, 0.15) is 0 Å². The van der Waals surface area contributed by atoms with Crippen LogP contribution in [0.4, 0.5) is 0 Å². The number of carbonyl (C=O) groups is 1. The molecular weight excluding hydrogens is 298 g/mol. The van der Waals surface area contributed by atoms with E-state index in [1.807, 2.05) is 0 Å². The molecule has 1 heterocycles. The number of amides is 1. The third kappa shape index (κ3) is 3.53. The van der Waals surface area contributed by atoms with E-state index in [0.29, 0.717) is 18.9 Å². The van der Waals surface area contributed by atoms with Crippen molar-refractivity contribution in [3.63, 3.8) is 0 Å². The van der Waals surface area contributed by atoms with Gasteiger partial charge in [0.15, 0.2) is 0 Å². The molecule has 3 atom stereocenters. The lowest BCUT2D eigenvalue weighted by molar-refractivity contribution is -0.142. The van der Waals surface area contributed by atoms with E-state index in [9.17, 15) is 9.90 Å². The van der Waals surface area contributed by atoms with Crippen molar-refractivity contribution >= 4 is 17.2 Å². The second-order valence-corrected chi connectivity index (χ2v) is 7.93. The summed E-state index contributed by atoms with van der Waals surface area (Å²) in [5, 5.41) is 9.92. The summed E-state index contributed by atoms with van der Waals surface area (Å²) in [6.45, 7) is 2.84. The summed E-state index contributed by atoms with van der Waals surface area (Å²) in [7, 11) is 1.62. The number of ether oxygens (including phenoxy) is 1. The van der Waals surface area contributed by atoms with Gasteiger partial charge in [-0.15, -0.1) is 11.3 Å². The van der Waals surface area contributed by atoms with Crippen LogP contribution in [0.1, 0.15) is 41.9 Å². The molecule has 2 saturated carbocycles. The summed E-state index contributed by atoms with van der Waals surface area (Å²) in [6.07, 6.45) is 3.69. The Morgan fingerprint density at radius 3 is 2.73 bits per heavy atom. The highest BCUT2D eigenvalue weighted by atomic mass is 32.1. The van der Waals surface area contributed by atoms with Crippen LogP contribution in [0, 0.1) is 12.8 Å². The van der Waals surface area contributed by atoms with E-state index in [1.165, 1.54) is 9.75 Å². The third-order valence-electron chi connectivity index (χ3n) is 4.80. The summed E-state index contributed by atoms with van der Waals surface area (Å²) >= 11 is 1.77. The highest BCUT2D eigenvalue weighted by molar-refractivity contribution is 7.11. The van der Waals surface area contributed by atoms with E-state index in [4.69, 9.17) is 4.74 Å². The molecule has 5 heteroatoms. The molecule has 1 amide bonds. The first kappa shape index (κ1) is 16.0. The fourth-order valence-electron chi connectivity index (χ4n) is 3.34. The first-order valence-corrected chi connectivity index (χ1v) is 8.96. The minimum Gasteiger partial charge on any atom is -0.390 e. The Bertz CT molecular complexity index is 526. The molecule has 0 bridgehead atoms. The fraction of sp³-hybridized carbons (Fsp3) is 0.706. The molecule has 2 aliphatic carbocycles. The van der Waals surface area contributed by atoms with Crippen molar-refractivity contribution in [1.82, 2.24) is 4.90 Å². The average molecular weight is 323 g/mol. The van der Waals surface area contributed by atoms with E-state index in [-0.39, 0.29) is 17.9 Å². The van der Waals surface area contributed by atoms with Crippen LogP contribution in [-0.4, -0.2) is 41.3 Å². The summed E-state index contributed by atoms with van der Waals surface area (Å²) in [6, 6.07) is 4.67. The van der Waals surface area contributed by atoms with Crippen LogP contribution in [0.2, 0.25) is 0 Å². The van der Waals surface area contributed by atoms with Crippen molar-refractivity contribution in [2.45, 2.75) is 63.8 Å². The number of carbonyl (C=O) groups excluding carboxylic acids is 1. The fourth-order valence-corrected chi connectivity index (χ4v) is 4.23. The highest BCUT2D eigenvalue weighted by Gasteiger charge is 2.39. The molecule has 122 valence electrons. The van der Waals surface area contributed by atoms with Crippen LogP contribution in [0.25, 0.3) is 0 Å². The maximum Gasteiger partial charge on any atom is 0.226 e. The Kier molecular flexibility index (Phi) is 4.85. The maximum absolute atomic E-state index is 13.0. The van der Waals surface area contributed by atoms with E-state index in [1.54, 1.807) is 18.4 Å². The van der Waals surface area contributed by atoms with Crippen molar-refractivity contribution in [3.05, 3.63) is 21.9 Å². The highest BCUT2D eigenvalue weighted by Crippen LogP contribution is 2.34. The van der Waals surface area contributed by atoms with Crippen LogP contribution in [-0.2, 0) is 16.1 Å². The lowest BCUT2D eigenvalue weighted by atomic mass is 9.84. The normalized spacial score (nSPS) is 28.6. The predicted molar refractivity (Wildman–Crippen MR) is 86.8 cm³/mol. The van der Waals surface area contributed by atoms with Gasteiger partial charge in [0.25, 0.3) is 0 Å². The molecule has 0 aromatic carbocycles. The first-order chi connectivity index (χ1) is 10.6. The Morgan fingerprint density at radius 1 is 1.36 bits per heavy atom. The average Bonchev–Trinajstić information content (AvgIpc) is 3.27. The zero-order valence-electron chi connectivity index (χ0n) is 13.3. The Labute approximate surface area is 136 Å². The second-order valence-electron chi connectivity index (χ2n) is 6.56. The van der Waals surface area contributed by atoms with Gasteiger partial charge in [-0.1, -0.05) is 0 Å². The number of hydrogen-bond acceptors (Lipinski definition) is 4. The molecule has 2 fully saturated rings. The van der Waals surface area contributed by atoms with Crippen LogP contribution >= 0.6 is 11.3 Å². The number of hydrogen-bond donors (Lipinski definition) is 1. The Hall–Kier alpha value is -0.910. The molecule has 1 N–H and O–H groups in total. The van der Waals surface area contributed by atoms with E-state index in [0.717, 1.165) is 25.8 Å². The van der Waals surface area contributed by atoms with E-state index < -0.39 is 6.10 Å². The van der Waals surface area contributed by atoms with Crippen molar-refractivity contribution in [2.75, 3.05) is 7.11 Å². The zero-order valence-corrected chi connectivity index (χ0v) is 14.1. The van der Waals surface area contributed by atoms with Crippen molar-refractivity contribution < 1.29 is 14.6 Å². The van der Waals surface area contributed by atoms with E-state index >= 15 is 0 Å². The van der Waals surface area contributed by atoms with Gasteiger partial charge in [-0.3, -0.25) is 4.79 Å². The summed E-state index contributed by atoms with van der Waals surface area (Å²) in [5.74, 6) is 0.248. The van der Waals surface area contributed by atoms with Gasteiger partial charge in [0.05, 0.1) is 18.8 Å². The van der Waals surface area contributed by atoms with Gasteiger partial charge < -0.3 is 14.7 Å². The van der Waals surface area contributed by atoms with Gasteiger partial charge in [-0.2, -0.15) is 0 Å². The monoisotopic (exact) mass is 323 g/mol. The summed E-state index contributed by atoms with van der Waals surface area (Å²) in [4.78, 5) is 17.6. The van der Waals surface area contributed by atoms with Crippen LogP contribution < -0.4 is 0 Å². The number of aliphatic hydroxyl groups excluding tert-OH is 1. The lowest BCUT2D eigenvalue weighted by Crippen LogP contribution is -2.43. The van der Waals surface area contributed by atoms with Crippen LogP contribution in [0.15, 0.2) is 12.1 Å². The molecule has 0 aliphatic heterocycles. The van der Waals surface area contributed by atoms with Gasteiger partial charge in [0, 0.05) is 28.8 Å². The topological polar surface area (TPSA) is 49.8 Å². The molecule has 0 unspecified atom stereocenters. The quantitative estimate of drug-likeness (QED) is 0.906. The van der Waals surface area contributed by atoms with Crippen molar-refractivity contribution in [1.29, 1.82) is 0 Å². The summed E-state index contributed by atoms with van der Waals surface area (Å²) in [5.41, 5.74) is 0. The number of methoxy groups -OCH3 is 1. The molecular formula is C17H25NO3S. The van der Waals surface area contributed by atoms with Gasteiger partial charge >= 0.3 is 0 Å². The van der Waals surface area contributed by atoms with Gasteiger partial charge in [-0.25, -0.2) is 0 Å².